The molecule has 0 aliphatic carbocycles. The highest BCUT2D eigenvalue weighted by atomic mass is 16.3. The van der Waals surface area contributed by atoms with Crippen molar-refractivity contribution in [2.24, 2.45) is 0 Å². The van der Waals surface area contributed by atoms with Crippen LogP contribution in [0.4, 0.5) is 5.82 Å². The smallest absolute Gasteiger partial charge is 0.262 e. The van der Waals surface area contributed by atoms with E-state index < -0.39 is 17.4 Å². The number of carbonyl (C=O) groups excluding carboxylic acids is 2. The summed E-state index contributed by atoms with van der Waals surface area (Å²) in [5.74, 6) is -1.36. The summed E-state index contributed by atoms with van der Waals surface area (Å²) in [6.07, 6.45) is 0. The second-order valence-corrected chi connectivity index (χ2v) is 4.60. The van der Waals surface area contributed by atoms with E-state index in [-0.39, 0.29) is 23.6 Å². The van der Waals surface area contributed by atoms with Gasteiger partial charge in [-0.15, -0.1) is 0 Å². The van der Waals surface area contributed by atoms with Crippen molar-refractivity contribution in [3.8, 4) is 5.69 Å². The average Bonchev–Trinajstić information content (AvgIpc) is 2.74. The molecule has 2 amide bonds. The molecule has 1 aromatic carbocycles. The van der Waals surface area contributed by atoms with Crippen molar-refractivity contribution in [2.45, 2.75) is 6.61 Å². The van der Waals surface area contributed by atoms with E-state index in [1.807, 2.05) is 0 Å². The van der Waals surface area contributed by atoms with E-state index in [1.54, 1.807) is 24.3 Å². The third kappa shape index (κ3) is 1.91. The zero-order valence-electron chi connectivity index (χ0n) is 10.8. The molecule has 0 saturated heterocycles. The van der Waals surface area contributed by atoms with Crippen LogP contribution in [0.15, 0.2) is 35.1 Å². The van der Waals surface area contributed by atoms with Crippen LogP contribution in [0.1, 0.15) is 26.3 Å². The molecular formula is C14H11N3O4. The molecule has 106 valence electrons. The number of nitrogen functional groups attached to an aromatic ring is 1. The molecule has 3 rings (SSSR count). The zero-order valence-corrected chi connectivity index (χ0v) is 10.8. The number of nitrogens with one attached hydrogen (secondary N) is 1. The molecule has 2 aromatic rings. The minimum atomic E-state index is -0.630. The molecule has 0 radical (unpaired) electrons. The van der Waals surface area contributed by atoms with Crippen molar-refractivity contribution < 1.29 is 14.7 Å². The van der Waals surface area contributed by atoms with Crippen molar-refractivity contribution in [3.05, 3.63) is 57.4 Å². The van der Waals surface area contributed by atoms with E-state index in [9.17, 15) is 14.4 Å². The Morgan fingerprint density at radius 2 is 1.90 bits per heavy atom. The fourth-order valence-corrected chi connectivity index (χ4v) is 2.34. The topological polar surface area (TPSA) is 114 Å². The quantitative estimate of drug-likeness (QED) is 0.661. The molecular weight excluding hydrogens is 274 g/mol. The number of benzene rings is 1. The third-order valence-corrected chi connectivity index (χ3v) is 3.30. The van der Waals surface area contributed by atoms with Crippen LogP contribution in [-0.4, -0.2) is 21.5 Å². The predicted molar refractivity (Wildman–Crippen MR) is 74.2 cm³/mol. The number of carbonyl (C=O) groups is 2. The Labute approximate surface area is 118 Å². The van der Waals surface area contributed by atoms with Gasteiger partial charge in [-0.25, -0.2) is 0 Å². The van der Waals surface area contributed by atoms with Gasteiger partial charge in [-0.2, -0.15) is 0 Å². The number of anilines is 1. The standard InChI is InChI=1S/C14H11N3O4/c15-12-11-9(13(20)16-14(11)21)5-10(19)17(12)8-3-1-2-7(4-8)6-18/h1-5,18H,6,15H2,(H,16,20,21). The van der Waals surface area contributed by atoms with Crippen LogP contribution in [0.3, 0.4) is 0 Å². The summed E-state index contributed by atoms with van der Waals surface area (Å²) in [6, 6.07) is 7.63. The number of aliphatic hydroxyl groups is 1. The van der Waals surface area contributed by atoms with Crippen LogP contribution in [0, 0.1) is 0 Å². The van der Waals surface area contributed by atoms with Crippen molar-refractivity contribution in [1.29, 1.82) is 0 Å². The summed E-state index contributed by atoms with van der Waals surface area (Å²) >= 11 is 0. The van der Waals surface area contributed by atoms with Crippen LogP contribution in [0.25, 0.3) is 5.69 Å². The monoisotopic (exact) mass is 285 g/mol. The van der Waals surface area contributed by atoms with Gasteiger partial charge in [0.1, 0.15) is 5.82 Å². The highest BCUT2D eigenvalue weighted by Gasteiger charge is 2.31. The van der Waals surface area contributed by atoms with E-state index >= 15 is 0 Å². The van der Waals surface area contributed by atoms with Gasteiger partial charge in [0.2, 0.25) is 0 Å². The average molecular weight is 285 g/mol. The lowest BCUT2D eigenvalue weighted by Crippen LogP contribution is -2.24. The van der Waals surface area contributed by atoms with E-state index in [2.05, 4.69) is 5.32 Å². The van der Waals surface area contributed by atoms with Crippen LogP contribution in [0.5, 0.6) is 0 Å². The van der Waals surface area contributed by atoms with Crippen LogP contribution < -0.4 is 16.6 Å². The molecule has 0 atom stereocenters. The van der Waals surface area contributed by atoms with Gasteiger partial charge < -0.3 is 10.8 Å². The molecule has 1 aliphatic rings. The molecule has 0 unspecified atom stereocenters. The maximum Gasteiger partial charge on any atom is 0.262 e. The molecule has 0 fully saturated rings. The van der Waals surface area contributed by atoms with Crippen LogP contribution in [-0.2, 0) is 6.61 Å². The molecule has 4 N–H and O–H groups in total. The van der Waals surface area contributed by atoms with E-state index in [0.717, 1.165) is 10.6 Å². The maximum absolute atomic E-state index is 12.2. The fourth-order valence-electron chi connectivity index (χ4n) is 2.34. The van der Waals surface area contributed by atoms with Gasteiger partial charge >= 0.3 is 0 Å². The first-order valence-electron chi connectivity index (χ1n) is 6.14. The molecule has 7 nitrogen and oxygen atoms in total. The lowest BCUT2D eigenvalue weighted by Gasteiger charge is -2.12. The van der Waals surface area contributed by atoms with E-state index in [0.29, 0.717) is 11.3 Å². The highest BCUT2D eigenvalue weighted by Crippen LogP contribution is 2.23. The molecule has 1 aromatic heterocycles. The lowest BCUT2D eigenvalue weighted by molar-refractivity contribution is 0.0880. The normalized spacial score (nSPS) is 13.2. The molecule has 7 heteroatoms. The van der Waals surface area contributed by atoms with Crippen molar-refractivity contribution in [3.63, 3.8) is 0 Å². The third-order valence-electron chi connectivity index (χ3n) is 3.30. The van der Waals surface area contributed by atoms with Crippen molar-refractivity contribution in [1.82, 2.24) is 9.88 Å². The Kier molecular flexibility index (Phi) is 2.84. The van der Waals surface area contributed by atoms with E-state index in [4.69, 9.17) is 10.8 Å². The first-order chi connectivity index (χ1) is 10.0. The van der Waals surface area contributed by atoms with Crippen molar-refractivity contribution >= 4 is 17.6 Å². The number of amides is 2. The maximum atomic E-state index is 12.2. The number of hydrogen-bond acceptors (Lipinski definition) is 5. The highest BCUT2D eigenvalue weighted by molar-refractivity contribution is 6.23. The van der Waals surface area contributed by atoms with Gasteiger partial charge in [-0.3, -0.25) is 24.3 Å². The Hall–Kier alpha value is -2.93. The number of nitrogens with zero attached hydrogens (tertiary/aromatic N) is 1. The fraction of sp³-hybridized carbons (Fsp3) is 0.0714. The number of fused-ring (bicyclic) bond motifs is 1. The van der Waals surface area contributed by atoms with Crippen molar-refractivity contribution in [2.75, 3.05) is 5.73 Å². The molecule has 0 saturated carbocycles. The number of aliphatic hydroxyl groups excluding tert-OH is 1. The zero-order chi connectivity index (χ0) is 15.1. The number of nitrogens with two attached hydrogens (primary N) is 1. The van der Waals surface area contributed by atoms with E-state index in [1.165, 1.54) is 0 Å². The number of aromatic nitrogens is 1. The molecule has 0 spiro atoms. The SMILES string of the molecule is Nc1c2c(cc(=O)n1-c1cccc(CO)c1)C(=O)NC2=O. The minimum Gasteiger partial charge on any atom is -0.392 e. The Morgan fingerprint density at radius 3 is 2.62 bits per heavy atom. The van der Waals surface area contributed by atoms with Gasteiger partial charge in [0.25, 0.3) is 17.4 Å². The number of pyridine rings is 1. The Bertz CT molecular complexity index is 839. The summed E-state index contributed by atoms with van der Waals surface area (Å²) < 4.78 is 1.14. The minimum absolute atomic E-state index is 0.00555. The van der Waals surface area contributed by atoms with Crippen LogP contribution >= 0.6 is 0 Å². The summed E-state index contributed by atoms with van der Waals surface area (Å²) in [6.45, 7) is -0.188. The molecule has 21 heavy (non-hydrogen) atoms. The molecule has 1 aliphatic heterocycles. The summed E-state index contributed by atoms with van der Waals surface area (Å²) in [5.41, 5.74) is 6.37. The van der Waals surface area contributed by atoms with Crippen LogP contribution in [0.2, 0.25) is 0 Å². The van der Waals surface area contributed by atoms with Gasteiger partial charge in [0, 0.05) is 6.07 Å². The Morgan fingerprint density at radius 1 is 1.14 bits per heavy atom. The molecule has 2 heterocycles. The summed E-state index contributed by atoms with van der Waals surface area (Å²) in [5, 5.41) is 11.3. The first kappa shape index (κ1) is 13.1. The number of rotatable bonds is 2. The van der Waals surface area contributed by atoms with Gasteiger partial charge in [-0.1, -0.05) is 12.1 Å². The summed E-state index contributed by atoms with van der Waals surface area (Å²) in [7, 11) is 0. The first-order valence-corrected chi connectivity index (χ1v) is 6.14. The summed E-state index contributed by atoms with van der Waals surface area (Å²) in [4.78, 5) is 35.5. The number of imide groups is 1. The lowest BCUT2D eigenvalue weighted by atomic mass is 10.1. The molecule has 0 bridgehead atoms. The largest absolute Gasteiger partial charge is 0.392 e. The van der Waals surface area contributed by atoms with Gasteiger partial charge in [0.05, 0.1) is 23.4 Å². The predicted octanol–water partition coefficient (Wildman–Crippen LogP) is -0.204. The Balaban J connectivity index is 2.30. The van der Waals surface area contributed by atoms with Gasteiger partial charge in [-0.05, 0) is 17.7 Å². The second kappa shape index (κ2) is 4.57. The second-order valence-electron chi connectivity index (χ2n) is 4.60. The van der Waals surface area contributed by atoms with Gasteiger partial charge in [0.15, 0.2) is 0 Å². The number of hydrogen-bond donors (Lipinski definition) is 3.